The summed E-state index contributed by atoms with van der Waals surface area (Å²) in [5.41, 5.74) is 14.5. The lowest BCUT2D eigenvalue weighted by Crippen LogP contribution is -2.00. The Bertz CT molecular complexity index is 913. The maximum Gasteiger partial charge on any atom is 0.0383 e. The third kappa shape index (κ3) is 2.70. The average Bonchev–Trinajstić information content (AvgIpc) is 2.99. The van der Waals surface area contributed by atoms with E-state index in [0.29, 0.717) is 0 Å². The first kappa shape index (κ1) is 19.4. The molecule has 2 heterocycles. The van der Waals surface area contributed by atoms with E-state index in [1.54, 1.807) is 0 Å². The Labute approximate surface area is 166 Å². The molecule has 2 aromatic heterocycles. The summed E-state index contributed by atoms with van der Waals surface area (Å²) in [4.78, 5) is 5.80. The molecule has 0 saturated carbocycles. The predicted octanol–water partition coefficient (Wildman–Crippen LogP) is 8.23. The van der Waals surface area contributed by atoms with E-state index >= 15 is 0 Å². The molecular weight excluding hydrogens is 352 g/mol. The van der Waals surface area contributed by atoms with Gasteiger partial charge in [0.1, 0.15) is 0 Å². The number of thiophene rings is 2. The molecule has 0 aliphatic heterocycles. The Morgan fingerprint density at radius 2 is 0.615 bits per heavy atom. The molecule has 0 N–H and O–H groups in total. The normalized spacial score (nSPS) is 11.5. The van der Waals surface area contributed by atoms with Crippen molar-refractivity contribution < 1.29 is 0 Å². The van der Waals surface area contributed by atoms with Gasteiger partial charge in [-0.15, -0.1) is 22.7 Å². The summed E-state index contributed by atoms with van der Waals surface area (Å²) in [6, 6.07) is 0. The number of rotatable bonds is 2. The SMILES string of the molecule is Cc1sc(-c2c(C)c(C)c(-c3sc(C)c(C)c3C)c(C)c2C)c(C)c1C. The van der Waals surface area contributed by atoms with Crippen LogP contribution in [0.25, 0.3) is 20.9 Å². The molecule has 0 fully saturated rings. The van der Waals surface area contributed by atoms with Crippen LogP contribution in [0.15, 0.2) is 0 Å². The summed E-state index contributed by atoms with van der Waals surface area (Å²) in [6.07, 6.45) is 0. The van der Waals surface area contributed by atoms with Crippen molar-refractivity contribution in [2.24, 2.45) is 0 Å². The van der Waals surface area contributed by atoms with Gasteiger partial charge in [0.05, 0.1) is 0 Å². The van der Waals surface area contributed by atoms with Crippen molar-refractivity contribution >= 4 is 22.7 Å². The van der Waals surface area contributed by atoms with Gasteiger partial charge in [0.2, 0.25) is 0 Å². The zero-order valence-electron chi connectivity index (χ0n) is 17.8. The maximum absolute atomic E-state index is 2.31. The van der Waals surface area contributed by atoms with Crippen LogP contribution < -0.4 is 0 Å². The Balaban J connectivity index is 2.36. The molecule has 0 aliphatic carbocycles. The number of hydrogen-bond donors (Lipinski definition) is 0. The van der Waals surface area contributed by atoms with Crippen molar-refractivity contribution in [3.05, 3.63) is 54.3 Å². The van der Waals surface area contributed by atoms with E-state index in [1.165, 1.54) is 75.1 Å². The third-order valence-corrected chi connectivity index (χ3v) is 9.11. The van der Waals surface area contributed by atoms with Crippen LogP contribution in [-0.4, -0.2) is 0 Å². The number of aryl methyl sites for hydroxylation is 2. The van der Waals surface area contributed by atoms with Gasteiger partial charge >= 0.3 is 0 Å². The Morgan fingerprint density at radius 1 is 0.346 bits per heavy atom. The summed E-state index contributed by atoms with van der Waals surface area (Å²) in [5.74, 6) is 0. The highest BCUT2D eigenvalue weighted by Gasteiger charge is 2.23. The third-order valence-electron chi connectivity index (χ3n) is 6.45. The van der Waals surface area contributed by atoms with Crippen LogP contribution in [-0.2, 0) is 0 Å². The Kier molecular flexibility index (Phi) is 4.96. The van der Waals surface area contributed by atoms with E-state index in [9.17, 15) is 0 Å². The summed E-state index contributed by atoms with van der Waals surface area (Å²) in [6.45, 7) is 22.8. The van der Waals surface area contributed by atoms with E-state index < -0.39 is 0 Å². The van der Waals surface area contributed by atoms with Gasteiger partial charge in [0.15, 0.2) is 0 Å². The van der Waals surface area contributed by atoms with Gasteiger partial charge < -0.3 is 0 Å². The Morgan fingerprint density at radius 3 is 0.808 bits per heavy atom. The molecule has 2 heteroatoms. The van der Waals surface area contributed by atoms with Crippen LogP contribution in [0.3, 0.4) is 0 Å². The highest BCUT2D eigenvalue weighted by molar-refractivity contribution is 7.16. The smallest absolute Gasteiger partial charge is 0.0383 e. The second-order valence-electron chi connectivity index (χ2n) is 7.72. The fraction of sp³-hybridized carbons (Fsp3) is 0.417. The van der Waals surface area contributed by atoms with Gasteiger partial charge in [0, 0.05) is 19.5 Å². The van der Waals surface area contributed by atoms with Crippen LogP contribution in [0.5, 0.6) is 0 Å². The van der Waals surface area contributed by atoms with Crippen LogP contribution in [0.4, 0.5) is 0 Å². The second kappa shape index (κ2) is 6.65. The molecule has 0 unspecified atom stereocenters. The molecule has 0 spiro atoms. The molecule has 0 nitrogen and oxygen atoms in total. The lowest BCUT2D eigenvalue weighted by Gasteiger charge is -2.21. The topological polar surface area (TPSA) is 0 Å². The maximum atomic E-state index is 2.31. The minimum Gasteiger partial charge on any atom is -0.140 e. The summed E-state index contributed by atoms with van der Waals surface area (Å²) < 4.78 is 0. The van der Waals surface area contributed by atoms with Crippen LogP contribution in [0.2, 0.25) is 0 Å². The first-order valence-electron chi connectivity index (χ1n) is 9.32. The van der Waals surface area contributed by atoms with E-state index in [0.717, 1.165) is 0 Å². The van der Waals surface area contributed by atoms with E-state index in [4.69, 9.17) is 0 Å². The zero-order chi connectivity index (χ0) is 19.5. The minimum absolute atomic E-state index is 1.44. The monoisotopic (exact) mass is 382 g/mol. The fourth-order valence-electron chi connectivity index (χ4n) is 3.95. The molecular formula is C24H30S2. The predicted molar refractivity (Wildman–Crippen MR) is 120 cm³/mol. The van der Waals surface area contributed by atoms with Crippen LogP contribution in [0.1, 0.15) is 54.3 Å². The minimum atomic E-state index is 1.44. The molecule has 0 radical (unpaired) electrons. The molecule has 0 atom stereocenters. The lowest BCUT2D eigenvalue weighted by molar-refractivity contribution is 1.24. The Hall–Kier alpha value is -1.38. The molecule has 3 rings (SSSR count). The van der Waals surface area contributed by atoms with Crippen LogP contribution >= 0.6 is 22.7 Å². The largest absolute Gasteiger partial charge is 0.140 e. The van der Waals surface area contributed by atoms with Crippen molar-refractivity contribution in [1.82, 2.24) is 0 Å². The van der Waals surface area contributed by atoms with E-state index in [2.05, 4.69) is 69.2 Å². The van der Waals surface area contributed by atoms with Gasteiger partial charge in [-0.2, -0.15) is 0 Å². The molecule has 0 bridgehead atoms. The van der Waals surface area contributed by atoms with Crippen molar-refractivity contribution in [3.8, 4) is 20.9 Å². The molecule has 0 amide bonds. The summed E-state index contributed by atoms with van der Waals surface area (Å²) in [7, 11) is 0. The first-order valence-corrected chi connectivity index (χ1v) is 10.9. The van der Waals surface area contributed by atoms with Gasteiger partial charge in [-0.1, -0.05) is 0 Å². The van der Waals surface area contributed by atoms with Gasteiger partial charge in [0.25, 0.3) is 0 Å². The number of hydrogen-bond acceptors (Lipinski definition) is 2. The standard InChI is InChI=1S/C24H30S2/c1-11-17(7)23(25-19(11)9)21-13(3)15(5)22(16(6)14(21)4)24-18(8)12(2)20(10)26-24/h1-10H3. The van der Waals surface area contributed by atoms with Crippen molar-refractivity contribution in [1.29, 1.82) is 0 Å². The van der Waals surface area contributed by atoms with Gasteiger partial charge in [-0.05, 0) is 125 Å². The van der Waals surface area contributed by atoms with Crippen molar-refractivity contribution in [2.75, 3.05) is 0 Å². The quantitative estimate of drug-likeness (QED) is 0.418. The molecule has 3 aromatic rings. The summed E-state index contributed by atoms with van der Waals surface area (Å²) in [5, 5.41) is 0. The summed E-state index contributed by atoms with van der Waals surface area (Å²) >= 11 is 3.91. The molecule has 138 valence electrons. The number of benzene rings is 1. The molecule has 1 aromatic carbocycles. The van der Waals surface area contributed by atoms with Gasteiger partial charge in [-0.3, -0.25) is 0 Å². The fourth-order valence-corrected chi connectivity index (χ4v) is 6.61. The molecule has 26 heavy (non-hydrogen) atoms. The van der Waals surface area contributed by atoms with Crippen molar-refractivity contribution in [2.45, 2.75) is 69.2 Å². The lowest BCUT2D eigenvalue weighted by atomic mass is 9.86. The van der Waals surface area contributed by atoms with Crippen molar-refractivity contribution in [3.63, 3.8) is 0 Å². The zero-order valence-corrected chi connectivity index (χ0v) is 19.4. The van der Waals surface area contributed by atoms with E-state index in [-0.39, 0.29) is 0 Å². The van der Waals surface area contributed by atoms with E-state index in [1.807, 2.05) is 22.7 Å². The highest BCUT2D eigenvalue weighted by Crippen LogP contribution is 2.46. The highest BCUT2D eigenvalue weighted by atomic mass is 32.1. The first-order chi connectivity index (χ1) is 12.1. The molecule has 0 saturated heterocycles. The second-order valence-corrected chi connectivity index (χ2v) is 10.2. The molecule has 0 aliphatic rings. The van der Waals surface area contributed by atoms with Gasteiger partial charge in [-0.25, -0.2) is 0 Å². The average molecular weight is 383 g/mol. The van der Waals surface area contributed by atoms with Crippen LogP contribution in [0, 0.1) is 69.2 Å².